The Bertz CT molecular complexity index is 628. The molecule has 0 fully saturated rings. The molecule has 0 unspecified atom stereocenters. The highest BCUT2D eigenvalue weighted by Gasteiger charge is 2.09. The third-order valence-corrected chi connectivity index (χ3v) is 4.33. The van der Waals surface area contributed by atoms with Gasteiger partial charge in [-0.25, -0.2) is 0 Å². The number of rotatable bonds is 7. The third-order valence-electron chi connectivity index (χ3n) is 3.42. The van der Waals surface area contributed by atoms with E-state index >= 15 is 0 Å². The molecular weight excluding hydrogens is 292 g/mol. The normalized spacial score (nSPS) is 10.4. The first-order valence-electron chi connectivity index (χ1n) is 7.62. The van der Waals surface area contributed by atoms with Crippen molar-refractivity contribution in [2.24, 2.45) is 0 Å². The standard InChI is InChI=1S/C18H22N2OS/c1-2-3-4-13-18(21)20-22-17-12-8-6-10-15(17)14-9-5-7-11-16(14)19/h5-12H,2-4,13,19H2,1H3,(H,20,21). The van der Waals surface area contributed by atoms with Crippen molar-refractivity contribution >= 4 is 23.5 Å². The Kier molecular flexibility index (Phi) is 6.34. The summed E-state index contributed by atoms with van der Waals surface area (Å²) in [4.78, 5) is 12.9. The van der Waals surface area contributed by atoms with E-state index in [4.69, 9.17) is 5.73 Å². The van der Waals surface area contributed by atoms with E-state index in [0.29, 0.717) is 6.42 Å². The number of nitrogens with two attached hydrogens (primary N) is 1. The zero-order valence-electron chi connectivity index (χ0n) is 12.8. The van der Waals surface area contributed by atoms with Gasteiger partial charge in [-0.3, -0.25) is 9.52 Å². The van der Waals surface area contributed by atoms with Crippen LogP contribution in [-0.4, -0.2) is 5.91 Å². The number of benzene rings is 2. The number of hydrogen-bond donors (Lipinski definition) is 2. The highest BCUT2D eigenvalue weighted by Crippen LogP contribution is 2.33. The highest BCUT2D eigenvalue weighted by molar-refractivity contribution is 7.98. The second-order valence-electron chi connectivity index (χ2n) is 5.17. The van der Waals surface area contributed by atoms with Crippen LogP contribution in [0, 0.1) is 0 Å². The molecule has 0 aliphatic heterocycles. The molecule has 2 aromatic carbocycles. The molecule has 0 atom stereocenters. The van der Waals surface area contributed by atoms with Crippen LogP contribution >= 0.6 is 11.9 Å². The SMILES string of the molecule is CCCCCC(=O)NSc1ccccc1-c1ccccc1N. The Morgan fingerprint density at radius 2 is 1.73 bits per heavy atom. The summed E-state index contributed by atoms with van der Waals surface area (Å²) in [6.45, 7) is 2.13. The van der Waals surface area contributed by atoms with E-state index in [1.807, 2.05) is 48.5 Å². The lowest BCUT2D eigenvalue weighted by molar-refractivity contribution is -0.119. The molecule has 0 aliphatic rings. The first kappa shape index (κ1) is 16.4. The Hall–Kier alpha value is -1.94. The molecule has 0 heterocycles. The number of carbonyl (C=O) groups is 1. The quantitative estimate of drug-likeness (QED) is 0.445. The van der Waals surface area contributed by atoms with Crippen molar-refractivity contribution in [1.29, 1.82) is 0 Å². The van der Waals surface area contributed by atoms with Gasteiger partial charge in [0.1, 0.15) is 0 Å². The maximum Gasteiger partial charge on any atom is 0.230 e. The molecule has 3 N–H and O–H groups in total. The van der Waals surface area contributed by atoms with Crippen molar-refractivity contribution in [2.45, 2.75) is 37.5 Å². The van der Waals surface area contributed by atoms with Crippen LogP contribution in [0.1, 0.15) is 32.6 Å². The Labute approximate surface area is 136 Å². The Morgan fingerprint density at radius 1 is 1.05 bits per heavy atom. The monoisotopic (exact) mass is 314 g/mol. The summed E-state index contributed by atoms with van der Waals surface area (Å²) in [6, 6.07) is 15.7. The first-order chi connectivity index (χ1) is 10.7. The number of anilines is 1. The highest BCUT2D eigenvalue weighted by atomic mass is 32.2. The Balaban J connectivity index is 2.06. The molecule has 2 aromatic rings. The predicted molar refractivity (Wildman–Crippen MR) is 94.4 cm³/mol. The smallest absolute Gasteiger partial charge is 0.230 e. The molecule has 3 nitrogen and oxygen atoms in total. The van der Waals surface area contributed by atoms with Crippen LogP contribution in [0.3, 0.4) is 0 Å². The summed E-state index contributed by atoms with van der Waals surface area (Å²) < 4.78 is 2.92. The average molecular weight is 314 g/mol. The van der Waals surface area contributed by atoms with Crippen LogP contribution in [0.15, 0.2) is 53.4 Å². The van der Waals surface area contributed by atoms with Crippen LogP contribution in [0.5, 0.6) is 0 Å². The number of amides is 1. The van der Waals surface area contributed by atoms with Crippen LogP contribution in [0.4, 0.5) is 5.69 Å². The first-order valence-corrected chi connectivity index (χ1v) is 8.43. The fourth-order valence-corrected chi connectivity index (χ4v) is 2.98. The van der Waals surface area contributed by atoms with Crippen molar-refractivity contribution in [3.63, 3.8) is 0 Å². The van der Waals surface area contributed by atoms with E-state index in [1.165, 1.54) is 11.9 Å². The van der Waals surface area contributed by atoms with Gasteiger partial charge < -0.3 is 5.73 Å². The van der Waals surface area contributed by atoms with Gasteiger partial charge in [0.05, 0.1) is 0 Å². The summed E-state index contributed by atoms with van der Waals surface area (Å²) in [5.74, 6) is 0.0780. The minimum Gasteiger partial charge on any atom is -0.398 e. The minimum absolute atomic E-state index is 0.0780. The lowest BCUT2D eigenvalue weighted by atomic mass is 10.0. The van der Waals surface area contributed by atoms with Gasteiger partial charge in [-0.15, -0.1) is 0 Å². The molecule has 0 saturated heterocycles. The summed E-state index contributed by atoms with van der Waals surface area (Å²) >= 11 is 1.36. The molecule has 0 aliphatic carbocycles. The third kappa shape index (κ3) is 4.53. The zero-order chi connectivity index (χ0) is 15.8. The topological polar surface area (TPSA) is 55.1 Å². The van der Waals surface area contributed by atoms with Crippen LogP contribution < -0.4 is 10.5 Å². The summed E-state index contributed by atoms with van der Waals surface area (Å²) in [5, 5.41) is 0. The van der Waals surface area contributed by atoms with Crippen LogP contribution in [0.25, 0.3) is 11.1 Å². The molecule has 1 amide bonds. The molecule has 116 valence electrons. The van der Waals surface area contributed by atoms with Gasteiger partial charge in [0.2, 0.25) is 5.91 Å². The van der Waals surface area contributed by atoms with Gasteiger partial charge in [-0.1, -0.05) is 56.2 Å². The molecule has 0 radical (unpaired) electrons. The number of carbonyl (C=O) groups excluding carboxylic acids is 1. The van der Waals surface area contributed by atoms with Gasteiger partial charge in [-0.05, 0) is 36.1 Å². The molecular formula is C18H22N2OS. The lowest BCUT2D eigenvalue weighted by Crippen LogP contribution is -2.15. The maximum atomic E-state index is 11.8. The number of unbranched alkanes of at least 4 members (excludes halogenated alkanes) is 2. The van der Waals surface area contributed by atoms with Crippen LogP contribution in [0.2, 0.25) is 0 Å². The van der Waals surface area contributed by atoms with Gasteiger partial charge in [0, 0.05) is 22.6 Å². The number of nitrogen functional groups attached to an aromatic ring is 1. The van der Waals surface area contributed by atoms with Gasteiger partial charge in [0.15, 0.2) is 0 Å². The fraction of sp³-hybridized carbons (Fsp3) is 0.278. The van der Waals surface area contributed by atoms with Crippen molar-refractivity contribution in [3.8, 4) is 11.1 Å². The molecule has 0 aromatic heterocycles. The molecule has 4 heteroatoms. The number of nitrogens with one attached hydrogen (secondary N) is 1. The van der Waals surface area contributed by atoms with Crippen molar-refractivity contribution in [2.75, 3.05) is 5.73 Å². The zero-order valence-corrected chi connectivity index (χ0v) is 13.7. The van der Waals surface area contributed by atoms with Crippen molar-refractivity contribution < 1.29 is 4.79 Å². The maximum absolute atomic E-state index is 11.8. The largest absolute Gasteiger partial charge is 0.398 e. The molecule has 2 rings (SSSR count). The van der Waals surface area contributed by atoms with Gasteiger partial charge in [0.25, 0.3) is 0 Å². The molecule has 0 bridgehead atoms. The summed E-state index contributed by atoms with van der Waals surface area (Å²) in [5.41, 5.74) is 8.84. The van der Waals surface area contributed by atoms with Gasteiger partial charge >= 0.3 is 0 Å². The molecule has 22 heavy (non-hydrogen) atoms. The van der Waals surface area contributed by atoms with Crippen molar-refractivity contribution in [1.82, 2.24) is 4.72 Å². The fourth-order valence-electron chi connectivity index (χ4n) is 2.22. The van der Waals surface area contributed by atoms with E-state index in [1.54, 1.807) is 0 Å². The van der Waals surface area contributed by atoms with E-state index < -0.39 is 0 Å². The number of para-hydroxylation sites is 1. The number of hydrogen-bond acceptors (Lipinski definition) is 3. The van der Waals surface area contributed by atoms with Crippen LogP contribution in [-0.2, 0) is 4.79 Å². The second kappa shape index (κ2) is 8.49. The van der Waals surface area contributed by atoms with Gasteiger partial charge in [-0.2, -0.15) is 0 Å². The van der Waals surface area contributed by atoms with E-state index in [0.717, 1.165) is 41.0 Å². The predicted octanol–water partition coefficient (Wildman–Crippen LogP) is 4.64. The second-order valence-corrected chi connectivity index (χ2v) is 6.02. The minimum atomic E-state index is 0.0780. The Morgan fingerprint density at radius 3 is 2.45 bits per heavy atom. The van der Waals surface area contributed by atoms with E-state index in [9.17, 15) is 4.79 Å². The summed E-state index contributed by atoms with van der Waals surface area (Å²) in [7, 11) is 0. The van der Waals surface area contributed by atoms with E-state index in [-0.39, 0.29) is 5.91 Å². The molecule has 0 saturated carbocycles. The molecule has 0 spiro atoms. The van der Waals surface area contributed by atoms with E-state index in [2.05, 4.69) is 11.6 Å². The lowest BCUT2D eigenvalue weighted by Gasteiger charge is -2.11. The summed E-state index contributed by atoms with van der Waals surface area (Å²) in [6.07, 6.45) is 3.73. The van der Waals surface area contributed by atoms with Crippen molar-refractivity contribution in [3.05, 3.63) is 48.5 Å². The average Bonchev–Trinajstić information content (AvgIpc) is 2.54.